The molecule has 0 radical (unpaired) electrons. The molecule has 1 aliphatic heterocycles. The number of aromatic nitrogens is 3. The number of carbonyl (C=O) groups excluding carboxylic acids is 1. The van der Waals surface area contributed by atoms with Gasteiger partial charge in [0.25, 0.3) is 0 Å². The summed E-state index contributed by atoms with van der Waals surface area (Å²) in [5, 5.41) is 11.0. The highest BCUT2D eigenvalue weighted by atomic mass is 16.3. The van der Waals surface area contributed by atoms with E-state index in [-0.39, 0.29) is 11.9 Å². The maximum atomic E-state index is 13.0. The third-order valence-corrected chi connectivity index (χ3v) is 5.55. The summed E-state index contributed by atoms with van der Waals surface area (Å²) < 4.78 is 1.92. The molecule has 0 saturated carbocycles. The molecule has 140 valence electrons. The summed E-state index contributed by atoms with van der Waals surface area (Å²) in [6, 6.07) is 11.3. The number of amides is 1. The van der Waals surface area contributed by atoms with Crippen LogP contribution >= 0.6 is 0 Å². The van der Waals surface area contributed by atoms with Crippen molar-refractivity contribution >= 4 is 16.9 Å². The number of hydrogen-bond acceptors (Lipinski definition) is 4. The number of nitrogens with zero attached hydrogens (tertiary/aromatic N) is 4. The van der Waals surface area contributed by atoms with Gasteiger partial charge in [0.2, 0.25) is 5.91 Å². The van der Waals surface area contributed by atoms with Gasteiger partial charge in [-0.2, -0.15) is 0 Å². The van der Waals surface area contributed by atoms with E-state index in [1.807, 2.05) is 59.7 Å². The molecule has 1 saturated heterocycles. The molecule has 6 nitrogen and oxygen atoms in total. The molecule has 3 heterocycles. The minimum Gasteiger partial charge on any atom is -0.383 e. The Kier molecular flexibility index (Phi) is 4.44. The van der Waals surface area contributed by atoms with E-state index < -0.39 is 5.60 Å². The standard InChI is InChI=1S/C21H24N4O2/c1-15-7-8-19(22-13-15)21(27)9-11-24(12-10-21)20(26)16(2)25-14-23-17-5-3-4-6-18(17)25/h3-8,13-14,16,27H,9-12H2,1-2H3. The van der Waals surface area contributed by atoms with Crippen LogP contribution in [0.2, 0.25) is 0 Å². The number of rotatable bonds is 3. The van der Waals surface area contributed by atoms with Crippen molar-refractivity contribution < 1.29 is 9.90 Å². The zero-order valence-electron chi connectivity index (χ0n) is 15.7. The minimum atomic E-state index is -0.963. The first-order valence-electron chi connectivity index (χ1n) is 9.34. The molecule has 1 amide bonds. The third-order valence-electron chi connectivity index (χ3n) is 5.55. The first-order chi connectivity index (χ1) is 13.0. The molecule has 27 heavy (non-hydrogen) atoms. The highest BCUT2D eigenvalue weighted by Gasteiger charge is 2.37. The number of pyridine rings is 1. The topological polar surface area (TPSA) is 71.2 Å². The molecule has 2 aromatic heterocycles. The van der Waals surface area contributed by atoms with Crippen LogP contribution in [0.5, 0.6) is 0 Å². The van der Waals surface area contributed by atoms with Gasteiger partial charge in [-0.1, -0.05) is 18.2 Å². The van der Waals surface area contributed by atoms with Gasteiger partial charge in [-0.05, 0) is 50.5 Å². The Morgan fingerprint density at radius 1 is 1.15 bits per heavy atom. The van der Waals surface area contributed by atoms with Crippen LogP contribution in [-0.4, -0.2) is 43.5 Å². The van der Waals surface area contributed by atoms with E-state index in [2.05, 4.69) is 9.97 Å². The Morgan fingerprint density at radius 3 is 2.59 bits per heavy atom. The third kappa shape index (κ3) is 3.21. The lowest BCUT2D eigenvalue weighted by Crippen LogP contribution is -2.47. The van der Waals surface area contributed by atoms with Crippen molar-refractivity contribution in [1.29, 1.82) is 0 Å². The van der Waals surface area contributed by atoms with Crippen molar-refractivity contribution in [3.8, 4) is 0 Å². The number of aliphatic hydroxyl groups is 1. The van der Waals surface area contributed by atoms with Crippen LogP contribution in [0, 0.1) is 6.92 Å². The number of imidazole rings is 1. The normalized spacial score (nSPS) is 17.8. The molecule has 1 fully saturated rings. The van der Waals surface area contributed by atoms with E-state index in [1.54, 1.807) is 12.5 Å². The Morgan fingerprint density at radius 2 is 1.89 bits per heavy atom. The van der Waals surface area contributed by atoms with Gasteiger partial charge in [0.05, 0.1) is 23.1 Å². The second kappa shape index (κ2) is 6.78. The highest BCUT2D eigenvalue weighted by Crippen LogP contribution is 2.32. The Balaban J connectivity index is 1.47. The minimum absolute atomic E-state index is 0.0528. The van der Waals surface area contributed by atoms with Crippen molar-refractivity contribution in [2.75, 3.05) is 13.1 Å². The van der Waals surface area contributed by atoms with E-state index in [4.69, 9.17) is 0 Å². The van der Waals surface area contributed by atoms with Crippen molar-refractivity contribution in [1.82, 2.24) is 19.4 Å². The van der Waals surface area contributed by atoms with Crippen LogP contribution in [0.25, 0.3) is 11.0 Å². The first kappa shape index (κ1) is 17.7. The summed E-state index contributed by atoms with van der Waals surface area (Å²) in [4.78, 5) is 23.6. The SMILES string of the molecule is Cc1ccc(C2(O)CCN(C(=O)C(C)n3cnc4ccccc43)CC2)nc1. The molecular formula is C21H24N4O2. The lowest BCUT2D eigenvalue weighted by molar-refractivity contribution is -0.138. The number of aryl methyl sites for hydroxylation is 1. The van der Waals surface area contributed by atoms with Gasteiger partial charge in [-0.3, -0.25) is 9.78 Å². The van der Waals surface area contributed by atoms with E-state index in [1.165, 1.54) is 0 Å². The number of fused-ring (bicyclic) bond motifs is 1. The lowest BCUT2D eigenvalue weighted by atomic mass is 9.87. The molecule has 1 aromatic carbocycles. The molecule has 1 aliphatic rings. The van der Waals surface area contributed by atoms with Crippen LogP contribution < -0.4 is 0 Å². The van der Waals surface area contributed by atoms with Crippen molar-refractivity contribution in [3.63, 3.8) is 0 Å². The second-order valence-corrected chi connectivity index (χ2v) is 7.39. The van der Waals surface area contributed by atoms with Gasteiger partial charge in [0, 0.05) is 19.3 Å². The summed E-state index contributed by atoms with van der Waals surface area (Å²) in [6.45, 7) is 4.91. The summed E-state index contributed by atoms with van der Waals surface area (Å²) >= 11 is 0. The van der Waals surface area contributed by atoms with Gasteiger partial charge >= 0.3 is 0 Å². The van der Waals surface area contributed by atoms with E-state index >= 15 is 0 Å². The zero-order chi connectivity index (χ0) is 19.0. The predicted octanol–water partition coefficient (Wildman–Crippen LogP) is 2.81. The van der Waals surface area contributed by atoms with Gasteiger partial charge < -0.3 is 14.6 Å². The van der Waals surface area contributed by atoms with Crippen LogP contribution in [0.1, 0.15) is 37.1 Å². The fraction of sp³-hybridized carbons (Fsp3) is 0.381. The lowest BCUT2D eigenvalue weighted by Gasteiger charge is -2.38. The van der Waals surface area contributed by atoms with Crippen LogP contribution in [-0.2, 0) is 10.4 Å². The molecular weight excluding hydrogens is 340 g/mol. The molecule has 1 atom stereocenters. The number of piperidine rings is 1. The van der Waals surface area contributed by atoms with Crippen molar-refractivity contribution in [2.45, 2.75) is 38.3 Å². The average molecular weight is 364 g/mol. The van der Waals surface area contributed by atoms with Crippen molar-refractivity contribution in [3.05, 3.63) is 60.2 Å². The Labute approximate surface area is 158 Å². The van der Waals surface area contributed by atoms with Gasteiger partial charge in [0.15, 0.2) is 0 Å². The number of hydrogen-bond donors (Lipinski definition) is 1. The number of carbonyl (C=O) groups is 1. The maximum absolute atomic E-state index is 13.0. The van der Waals surface area contributed by atoms with Gasteiger partial charge in [-0.25, -0.2) is 4.98 Å². The maximum Gasteiger partial charge on any atom is 0.245 e. The van der Waals surface area contributed by atoms with Gasteiger partial charge in [-0.15, -0.1) is 0 Å². The zero-order valence-corrected chi connectivity index (χ0v) is 15.7. The average Bonchev–Trinajstić information content (AvgIpc) is 3.12. The Hall–Kier alpha value is -2.73. The van der Waals surface area contributed by atoms with Gasteiger partial charge in [0.1, 0.15) is 11.6 Å². The molecule has 0 aliphatic carbocycles. The molecule has 3 aromatic rings. The van der Waals surface area contributed by atoms with E-state index in [0.29, 0.717) is 31.6 Å². The largest absolute Gasteiger partial charge is 0.383 e. The molecule has 1 unspecified atom stereocenters. The second-order valence-electron chi connectivity index (χ2n) is 7.39. The summed E-state index contributed by atoms with van der Waals surface area (Å²) in [7, 11) is 0. The number of para-hydroxylation sites is 2. The Bertz CT molecular complexity index is 956. The summed E-state index contributed by atoms with van der Waals surface area (Å²) in [5.41, 5.74) is 2.63. The fourth-order valence-electron chi connectivity index (χ4n) is 3.77. The molecule has 1 N–H and O–H groups in total. The molecule has 4 rings (SSSR count). The molecule has 0 spiro atoms. The number of likely N-dealkylation sites (tertiary alicyclic amines) is 1. The summed E-state index contributed by atoms with van der Waals surface area (Å²) in [5.74, 6) is 0.0528. The van der Waals surface area contributed by atoms with Crippen LogP contribution in [0.4, 0.5) is 0 Å². The van der Waals surface area contributed by atoms with E-state index in [0.717, 1.165) is 16.6 Å². The van der Waals surface area contributed by atoms with Crippen molar-refractivity contribution in [2.24, 2.45) is 0 Å². The highest BCUT2D eigenvalue weighted by molar-refractivity contribution is 5.83. The molecule has 0 bridgehead atoms. The first-order valence-corrected chi connectivity index (χ1v) is 9.34. The fourth-order valence-corrected chi connectivity index (χ4v) is 3.77. The van der Waals surface area contributed by atoms with E-state index in [9.17, 15) is 9.90 Å². The molecule has 6 heteroatoms. The quantitative estimate of drug-likeness (QED) is 0.776. The predicted molar refractivity (Wildman–Crippen MR) is 103 cm³/mol. The van der Waals surface area contributed by atoms with Crippen LogP contribution in [0.3, 0.4) is 0 Å². The van der Waals surface area contributed by atoms with Crippen LogP contribution in [0.15, 0.2) is 48.9 Å². The monoisotopic (exact) mass is 364 g/mol. The number of benzene rings is 1. The summed E-state index contributed by atoms with van der Waals surface area (Å²) in [6.07, 6.45) is 4.49. The smallest absolute Gasteiger partial charge is 0.245 e.